The summed E-state index contributed by atoms with van der Waals surface area (Å²) in [7, 11) is 3.48. The molecule has 0 aliphatic carbocycles. The minimum Gasteiger partial charge on any atom is -1.00 e. The molecule has 0 radical (unpaired) electrons. The van der Waals surface area contributed by atoms with Gasteiger partial charge in [0.1, 0.15) is 12.4 Å². The van der Waals surface area contributed by atoms with Gasteiger partial charge in [0.15, 0.2) is 11.5 Å². The van der Waals surface area contributed by atoms with Crippen LogP contribution in [0.1, 0.15) is 11.1 Å². The molecule has 0 heterocycles. The summed E-state index contributed by atoms with van der Waals surface area (Å²) in [6.45, 7) is 0.929. The first-order valence-corrected chi connectivity index (χ1v) is 6.42. The van der Waals surface area contributed by atoms with Crippen LogP contribution in [0, 0.1) is 5.82 Å². The molecule has 0 aliphatic heterocycles. The molecule has 5 heteroatoms. The van der Waals surface area contributed by atoms with Crippen LogP contribution in [0.3, 0.4) is 0 Å². The molecule has 0 aromatic heterocycles. The van der Waals surface area contributed by atoms with Gasteiger partial charge in [-0.1, -0.05) is 24.3 Å². The van der Waals surface area contributed by atoms with Crippen molar-refractivity contribution in [1.29, 1.82) is 0 Å². The second kappa shape index (κ2) is 8.49. The molecule has 3 nitrogen and oxygen atoms in total. The SMILES string of the molecule is CNCc1ccc(OCc2ccccc2F)c(OC)c1.[Cl-]. The fraction of sp³-hybridized carbons (Fsp3) is 0.250. The van der Waals surface area contributed by atoms with Crippen LogP contribution in [0.15, 0.2) is 42.5 Å². The monoisotopic (exact) mass is 310 g/mol. The number of methoxy groups -OCH3 is 1. The Morgan fingerprint density at radius 3 is 2.52 bits per heavy atom. The van der Waals surface area contributed by atoms with Gasteiger partial charge in [-0.2, -0.15) is 0 Å². The van der Waals surface area contributed by atoms with Crippen molar-refractivity contribution in [3.05, 3.63) is 59.4 Å². The smallest absolute Gasteiger partial charge is 0.161 e. The first-order chi connectivity index (χ1) is 9.74. The molecule has 0 saturated heterocycles. The van der Waals surface area contributed by atoms with E-state index in [4.69, 9.17) is 9.47 Å². The van der Waals surface area contributed by atoms with E-state index in [1.54, 1.807) is 25.3 Å². The van der Waals surface area contributed by atoms with E-state index in [1.807, 2.05) is 25.2 Å². The van der Waals surface area contributed by atoms with Gasteiger partial charge in [0.2, 0.25) is 0 Å². The molecule has 2 rings (SSSR count). The lowest BCUT2D eigenvalue weighted by Gasteiger charge is -2.12. The maximum atomic E-state index is 13.5. The summed E-state index contributed by atoms with van der Waals surface area (Å²) in [5.41, 5.74) is 1.62. The molecular formula is C16H18ClFNO2-. The van der Waals surface area contributed by atoms with Crippen LogP contribution in [0.5, 0.6) is 11.5 Å². The Morgan fingerprint density at radius 1 is 1.10 bits per heavy atom. The molecule has 0 amide bonds. The minimum atomic E-state index is -0.265. The zero-order valence-corrected chi connectivity index (χ0v) is 12.8. The van der Waals surface area contributed by atoms with Gasteiger partial charge in [0, 0.05) is 12.1 Å². The summed E-state index contributed by atoms with van der Waals surface area (Å²) in [6.07, 6.45) is 0. The third-order valence-electron chi connectivity index (χ3n) is 2.95. The van der Waals surface area contributed by atoms with Gasteiger partial charge < -0.3 is 27.2 Å². The molecule has 0 spiro atoms. The van der Waals surface area contributed by atoms with Gasteiger partial charge in [-0.15, -0.1) is 0 Å². The summed E-state index contributed by atoms with van der Waals surface area (Å²) >= 11 is 0. The quantitative estimate of drug-likeness (QED) is 0.823. The Morgan fingerprint density at radius 2 is 1.86 bits per heavy atom. The highest BCUT2D eigenvalue weighted by molar-refractivity contribution is 5.43. The maximum Gasteiger partial charge on any atom is 0.161 e. The number of rotatable bonds is 6. The van der Waals surface area contributed by atoms with Crippen molar-refractivity contribution >= 4 is 0 Å². The summed E-state index contributed by atoms with van der Waals surface area (Å²) in [5, 5.41) is 3.07. The number of benzene rings is 2. The van der Waals surface area contributed by atoms with E-state index in [-0.39, 0.29) is 24.8 Å². The Kier molecular flexibility index (Phi) is 6.99. The topological polar surface area (TPSA) is 30.5 Å². The normalized spacial score (nSPS) is 9.86. The molecule has 0 atom stereocenters. The maximum absolute atomic E-state index is 13.5. The number of ether oxygens (including phenoxy) is 2. The third-order valence-corrected chi connectivity index (χ3v) is 2.95. The molecule has 1 N–H and O–H groups in total. The van der Waals surface area contributed by atoms with Crippen LogP contribution < -0.4 is 27.2 Å². The zero-order valence-electron chi connectivity index (χ0n) is 12.0. The van der Waals surface area contributed by atoms with E-state index >= 15 is 0 Å². The van der Waals surface area contributed by atoms with Crippen LogP contribution in [0.2, 0.25) is 0 Å². The summed E-state index contributed by atoms with van der Waals surface area (Å²) < 4.78 is 24.5. The number of nitrogens with one attached hydrogen (secondary N) is 1. The molecule has 0 unspecified atom stereocenters. The first-order valence-electron chi connectivity index (χ1n) is 6.42. The Bertz CT molecular complexity index is 578. The Balaban J connectivity index is 0.00000220. The molecule has 0 aliphatic rings. The summed E-state index contributed by atoms with van der Waals surface area (Å²) in [4.78, 5) is 0. The second-order valence-electron chi connectivity index (χ2n) is 4.40. The number of hydrogen-bond donors (Lipinski definition) is 1. The fourth-order valence-corrected chi connectivity index (χ4v) is 1.92. The zero-order chi connectivity index (χ0) is 14.4. The van der Waals surface area contributed by atoms with Crippen molar-refractivity contribution in [1.82, 2.24) is 5.32 Å². The lowest BCUT2D eigenvalue weighted by molar-refractivity contribution is -0.00000533. The lowest BCUT2D eigenvalue weighted by atomic mass is 10.2. The lowest BCUT2D eigenvalue weighted by Crippen LogP contribution is -3.00. The predicted molar refractivity (Wildman–Crippen MR) is 76.5 cm³/mol. The van der Waals surface area contributed by atoms with Gasteiger partial charge in [-0.25, -0.2) is 4.39 Å². The van der Waals surface area contributed by atoms with Crippen molar-refractivity contribution in [2.75, 3.05) is 14.2 Å². The van der Waals surface area contributed by atoms with Crippen molar-refractivity contribution in [2.24, 2.45) is 0 Å². The van der Waals surface area contributed by atoms with E-state index in [0.29, 0.717) is 17.1 Å². The average molecular weight is 311 g/mol. The van der Waals surface area contributed by atoms with E-state index < -0.39 is 0 Å². The first kappa shape index (κ1) is 17.3. The van der Waals surface area contributed by atoms with E-state index in [0.717, 1.165) is 12.1 Å². The second-order valence-corrected chi connectivity index (χ2v) is 4.40. The highest BCUT2D eigenvalue weighted by Gasteiger charge is 2.07. The highest BCUT2D eigenvalue weighted by atomic mass is 35.5. The largest absolute Gasteiger partial charge is 1.00 e. The Hall–Kier alpha value is -1.78. The predicted octanol–water partition coefficient (Wildman–Crippen LogP) is 0.137. The van der Waals surface area contributed by atoms with Crippen molar-refractivity contribution in [2.45, 2.75) is 13.2 Å². The number of halogens is 2. The standard InChI is InChI=1S/C16H18FNO2.ClH/c1-18-10-12-7-8-15(16(9-12)19-2)20-11-13-5-3-4-6-14(13)17;/h3-9,18H,10-11H2,1-2H3;1H/p-1. The Labute approximate surface area is 130 Å². The molecular weight excluding hydrogens is 293 g/mol. The van der Waals surface area contributed by atoms with Gasteiger partial charge in [-0.3, -0.25) is 0 Å². The van der Waals surface area contributed by atoms with Crippen molar-refractivity contribution in [3.8, 4) is 11.5 Å². The number of hydrogen-bond acceptors (Lipinski definition) is 3. The summed E-state index contributed by atoms with van der Waals surface area (Å²) in [5.74, 6) is 0.989. The fourth-order valence-electron chi connectivity index (χ4n) is 1.92. The molecule has 0 saturated carbocycles. The molecule has 21 heavy (non-hydrogen) atoms. The molecule has 114 valence electrons. The van der Waals surface area contributed by atoms with Crippen molar-refractivity contribution < 1.29 is 26.3 Å². The average Bonchev–Trinajstić information content (AvgIpc) is 2.47. The molecule has 0 bridgehead atoms. The van der Waals surface area contributed by atoms with E-state index in [1.165, 1.54) is 6.07 Å². The summed E-state index contributed by atoms with van der Waals surface area (Å²) in [6, 6.07) is 12.3. The van der Waals surface area contributed by atoms with Crippen LogP contribution in [-0.2, 0) is 13.2 Å². The molecule has 2 aromatic rings. The minimum absolute atomic E-state index is 0. The third kappa shape index (κ3) is 4.62. The van der Waals surface area contributed by atoms with Gasteiger partial charge in [-0.05, 0) is 30.8 Å². The van der Waals surface area contributed by atoms with Crippen molar-refractivity contribution in [3.63, 3.8) is 0 Å². The molecule has 2 aromatic carbocycles. The van der Waals surface area contributed by atoms with Crippen LogP contribution in [0.4, 0.5) is 4.39 Å². The van der Waals surface area contributed by atoms with E-state index in [9.17, 15) is 4.39 Å². The van der Waals surface area contributed by atoms with Crippen LogP contribution in [-0.4, -0.2) is 14.2 Å². The molecule has 0 fully saturated rings. The van der Waals surface area contributed by atoms with E-state index in [2.05, 4.69) is 5.32 Å². The van der Waals surface area contributed by atoms with Crippen LogP contribution >= 0.6 is 0 Å². The van der Waals surface area contributed by atoms with Gasteiger partial charge >= 0.3 is 0 Å². The highest BCUT2D eigenvalue weighted by Crippen LogP contribution is 2.29. The van der Waals surface area contributed by atoms with Gasteiger partial charge in [0.25, 0.3) is 0 Å². The van der Waals surface area contributed by atoms with Crippen LogP contribution in [0.25, 0.3) is 0 Å². The van der Waals surface area contributed by atoms with Gasteiger partial charge in [0.05, 0.1) is 7.11 Å².